The number of nitrogens with zero attached hydrogens (tertiary/aromatic N) is 2. The lowest BCUT2D eigenvalue weighted by atomic mass is 10.2. The molecule has 2 amide bonds. The zero-order chi connectivity index (χ0) is 24.1. The maximum atomic E-state index is 13.0. The van der Waals surface area contributed by atoms with Crippen LogP contribution in [0.4, 0.5) is 18.9 Å². The molecule has 34 heavy (non-hydrogen) atoms. The van der Waals surface area contributed by atoms with Crippen LogP contribution in [0.5, 0.6) is 0 Å². The number of imidazole rings is 1. The molecule has 0 aliphatic heterocycles. The van der Waals surface area contributed by atoms with Crippen molar-refractivity contribution in [1.82, 2.24) is 14.9 Å². The van der Waals surface area contributed by atoms with E-state index in [1.807, 2.05) is 24.3 Å². The van der Waals surface area contributed by atoms with Gasteiger partial charge >= 0.3 is 6.18 Å². The number of hydrogen-bond acceptors (Lipinski definition) is 4. The molecule has 0 saturated carbocycles. The lowest BCUT2D eigenvalue weighted by Gasteiger charge is -2.12. The number of carbonyl (C=O) groups excluding carboxylic acids is 2. The van der Waals surface area contributed by atoms with Crippen LogP contribution < -0.4 is 10.6 Å². The second-order valence-electron chi connectivity index (χ2n) is 7.57. The van der Waals surface area contributed by atoms with Crippen molar-refractivity contribution in [2.24, 2.45) is 0 Å². The van der Waals surface area contributed by atoms with Crippen LogP contribution in [0.1, 0.15) is 28.4 Å². The number of alkyl halides is 3. The van der Waals surface area contributed by atoms with Gasteiger partial charge in [0.1, 0.15) is 12.4 Å². The van der Waals surface area contributed by atoms with E-state index < -0.39 is 17.6 Å². The van der Waals surface area contributed by atoms with Gasteiger partial charge in [-0.1, -0.05) is 18.2 Å². The molecule has 0 spiro atoms. The first-order valence-corrected chi connectivity index (χ1v) is 10.5. The zero-order valence-electron chi connectivity index (χ0n) is 17.9. The third kappa shape index (κ3) is 5.45. The Hall–Kier alpha value is -4.08. The van der Waals surface area contributed by atoms with Crippen LogP contribution in [0.15, 0.2) is 71.3 Å². The molecule has 0 bridgehead atoms. The molecule has 0 fully saturated rings. The predicted octanol–water partition coefficient (Wildman–Crippen LogP) is 4.65. The summed E-state index contributed by atoms with van der Waals surface area (Å²) in [7, 11) is 0. The largest absolute Gasteiger partial charge is 0.459 e. The molecular formula is C24H21F3N4O3. The first-order chi connectivity index (χ1) is 16.3. The number of carbonyl (C=O) groups is 2. The van der Waals surface area contributed by atoms with Crippen LogP contribution in [-0.2, 0) is 23.9 Å². The fourth-order valence-electron chi connectivity index (χ4n) is 3.55. The number of halogens is 3. The average molecular weight is 470 g/mol. The third-order valence-corrected chi connectivity index (χ3v) is 5.12. The van der Waals surface area contributed by atoms with Crippen LogP contribution in [0.2, 0.25) is 0 Å². The molecule has 2 aromatic carbocycles. The molecule has 10 heteroatoms. The van der Waals surface area contributed by atoms with Crippen molar-refractivity contribution in [1.29, 1.82) is 0 Å². The normalized spacial score (nSPS) is 11.5. The van der Waals surface area contributed by atoms with Crippen LogP contribution in [0.3, 0.4) is 0 Å². The minimum Gasteiger partial charge on any atom is -0.459 e. The van der Waals surface area contributed by atoms with Crippen molar-refractivity contribution < 1.29 is 27.2 Å². The molecule has 0 aliphatic rings. The number of benzene rings is 2. The van der Waals surface area contributed by atoms with Crippen LogP contribution in [-0.4, -0.2) is 27.9 Å². The SMILES string of the molecule is O=C(Cn1c(CCCNC(=O)c2ccco2)nc2ccccc21)Nc1cccc(C(F)(F)F)c1. The summed E-state index contributed by atoms with van der Waals surface area (Å²) in [5.74, 6) is 0.0555. The van der Waals surface area contributed by atoms with Crippen molar-refractivity contribution in [3.05, 3.63) is 84.1 Å². The highest BCUT2D eigenvalue weighted by atomic mass is 19.4. The van der Waals surface area contributed by atoms with Gasteiger partial charge in [0, 0.05) is 18.7 Å². The highest BCUT2D eigenvalue weighted by Crippen LogP contribution is 2.30. The van der Waals surface area contributed by atoms with E-state index in [4.69, 9.17) is 4.42 Å². The van der Waals surface area contributed by atoms with Crippen molar-refractivity contribution in [3.8, 4) is 0 Å². The Kier molecular flexibility index (Phi) is 6.67. The molecule has 0 unspecified atom stereocenters. The van der Waals surface area contributed by atoms with Gasteiger partial charge in [0.05, 0.1) is 22.9 Å². The van der Waals surface area contributed by atoms with E-state index in [1.54, 1.807) is 16.7 Å². The Balaban J connectivity index is 1.43. The highest BCUT2D eigenvalue weighted by Gasteiger charge is 2.30. The molecule has 7 nitrogen and oxygen atoms in total. The standard InChI is InChI=1S/C24H21F3N4O3/c25-24(26,27)16-6-3-7-17(14-16)29-22(32)15-31-19-9-2-1-8-18(19)30-21(31)11-4-12-28-23(33)20-10-5-13-34-20/h1-3,5-10,13-14H,4,11-12,15H2,(H,28,33)(H,29,32). The molecule has 4 aromatic rings. The molecule has 0 aliphatic carbocycles. The van der Waals surface area contributed by atoms with Gasteiger partial charge in [0.15, 0.2) is 5.76 Å². The fourth-order valence-corrected chi connectivity index (χ4v) is 3.55. The van der Waals surface area contributed by atoms with Gasteiger partial charge in [0.2, 0.25) is 5.91 Å². The van der Waals surface area contributed by atoms with Crippen LogP contribution in [0, 0.1) is 0 Å². The Morgan fingerprint density at radius 1 is 1.03 bits per heavy atom. The first kappa shape index (κ1) is 23.1. The minimum absolute atomic E-state index is 0.0615. The number of furan rings is 1. The Labute approximate surface area is 192 Å². The van der Waals surface area contributed by atoms with E-state index in [0.29, 0.717) is 30.7 Å². The summed E-state index contributed by atoms with van der Waals surface area (Å²) < 4.78 is 45.7. The second kappa shape index (κ2) is 9.82. The van der Waals surface area contributed by atoms with E-state index in [0.717, 1.165) is 17.6 Å². The first-order valence-electron chi connectivity index (χ1n) is 10.5. The van der Waals surface area contributed by atoms with Crippen molar-refractivity contribution in [2.75, 3.05) is 11.9 Å². The third-order valence-electron chi connectivity index (χ3n) is 5.12. The average Bonchev–Trinajstić information content (AvgIpc) is 3.45. The number of hydrogen-bond donors (Lipinski definition) is 2. The van der Waals surface area contributed by atoms with Gasteiger partial charge < -0.3 is 19.6 Å². The maximum absolute atomic E-state index is 13.0. The summed E-state index contributed by atoms with van der Waals surface area (Å²) in [4.78, 5) is 29.2. The molecule has 176 valence electrons. The number of para-hydroxylation sites is 2. The number of anilines is 1. The summed E-state index contributed by atoms with van der Waals surface area (Å²) in [5, 5.41) is 5.29. The van der Waals surface area contributed by atoms with Gasteiger partial charge in [-0.25, -0.2) is 4.98 Å². The van der Waals surface area contributed by atoms with Crippen LogP contribution >= 0.6 is 0 Å². The zero-order valence-corrected chi connectivity index (χ0v) is 17.9. The number of aromatic nitrogens is 2. The van der Waals surface area contributed by atoms with Gasteiger partial charge in [0.25, 0.3) is 5.91 Å². The summed E-state index contributed by atoms with van der Waals surface area (Å²) >= 11 is 0. The lowest BCUT2D eigenvalue weighted by Crippen LogP contribution is -2.25. The predicted molar refractivity (Wildman–Crippen MR) is 119 cm³/mol. The molecule has 0 radical (unpaired) electrons. The molecule has 0 saturated heterocycles. The van der Waals surface area contributed by atoms with E-state index in [9.17, 15) is 22.8 Å². The molecule has 0 atom stereocenters. The molecule has 2 aromatic heterocycles. The number of aryl methyl sites for hydroxylation is 1. The second-order valence-corrected chi connectivity index (χ2v) is 7.57. The Morgan fingerprint density at radius 2 is 1.85 bits per heavy atom. The van der Waals surface area contributed by atoms with Crippen molar-refractivity contribution in [2.45, 2.75) is 25.6 Å². The van der Waals surface area contributed by atoms with Gasteiger partial charge in [-0.2, -0.15) is 13.2 Å². The molecule has 2 N–H and O–H groups in total. The number of nitrogens with one attached hydrogen (secondary N) is 2. The molecular weight excluding hydrogens is 449 g/mol. The molecule has 2 heterocycles. The fraction of sp³-hybridized carbons (Fsp3) is 0.208. The van der Waals surface area contributed by atoms with E-state index in [1.165, 1.54) is 18.4 Å². The van der Waals surface area contributed by atoms with E-state index >= 15 is 0 Å². The van der Waals surface area contributed by atoms with Gasteiger partial charge in [-0.15, -0.1) is 0 Å². The number of fused-ring (bicyclic) bond motifs is 1. The Morgan fingerprint density at radius 3 is 2.62 bits per heavy atom. The van der Waals surface area contributed by atoms with Crippen LogP contribution in [0.25, 0.3) is 11.0 Å². The van der Waals surface area contributed by atoms with Gasteiger partial charge in [-0.3, -0.25) is 9.59 Å². The van der Waals surface area contributed by atoms with Crippen molar-refractivity contribution in [3.63, 3.8) is 0 Å². The lowest BCUT2D eigenvalue weighted by molar-refractivity contribution is -0.137. The van der Waals surface area contributed by atoms with Gasteiger partial charge in [-0.05, 0) is 48.9 Å². The molecule has 4 rings (SSSR count). The summed E-state index contributed by atoms with van der Waals surface area (Å²) in [6, 6.07) is 15.0. The highest BCUT2D eigenvalue weighted by molar-refractivity contribution is 5.92. The topological polar surface area (TPSA) is 89.2 Å². The monoisotopic (exact) mass is 470 g/mol. The number of amides is 2. The maximum Gasteiger partial charge on any atom is 0.416 e. The van der Waals surface area contributed by atoms with Crippen molar-refractivity contribution >= 4 is 28.5 Å². The summed E-state index contributed by atoms with van der Waals surface area (Å²) in [6.07, 6.45) is -2.04. The Bertz CT molecular complexity index is 1300. The number of rotatable bonds is 8. The van der Waals surface area contributed by atoms with E-state index in [-0.39, 0.29) is 23.9 Å². The minimum atomic E-state index is -4.50. The summed E-state index contributed by atoms with van der Waals surface area (Å²) in [6.45, 7) is 0.254. The summed E-state index contributed by atoms with van der Waals surface area (Å²) in [5.41, 5.74) is 0.655. The quantitative estimate of drug-likeness (QED) is 0.367. The smallest absolute Gasteiger partial charge is 0.416 e. The van der Waals surface area contributed by atoms with E-state index in [2.05, 4.69) is 15.6 Å².